The lowest BCUT2D eigenvalue weighted by molar-refractivity contribution is 0.273. The Labute approximate surface area is 130 Å². The average molecular weight is 322 g/mol. The van der Waals surface area contributed by atoms with Crippen LogP contribution in [-0.2, 0) is 13.0 Å². The standard InChI is InChI=1S/C15H13ClFN3O2/c1-8-12(4-9-2-3-10(16)5-13(9)17)15-18-14(22)6-11(7-21)20(15)19-8/h2-3,5-6,21H,4,7H2,1H3,(H,18,22). The van der Waals surface area contributed by atoms with Crippen LogP contribution >= 0.6 is 11.6 Å². The van der Waals surface area contributed by atoms with Crippen LogP contribution in [0.1, 0.15) is 22.5 Å². The van der Waals surface area contributed by atoms with E-state index in [4.69, 9.17) is 11.6 Å². The first-order valence-electron chi connectivity index (χ1n) is 6.65. The molecule has 0 atom stereocenters. The van der Waals surface area contributed by atoms with Gasteiger partial charge in [-0.3, -0.25) is 4.79 Å². The predicted octanol–water partition coefficient (Wildman–Crippen LogP) is 2.21. The second kappa shape index (κ2) is 5.55. The molecule has 0 saturated carbocycles. The smallest absolute Gasteiger partial charge is 0.251 e. The van der Waals surface area contributed by atoms with Crippen molar-refractivity contribution in [1.29, 1.82) is 0 Å². The van der Waals surface area contributed by atoms with Crippen LogP contribution in [-0.4, -0.2) is 19.7 Å². The Morgan fingerprint density at radius 1 is 1.41 bits per heavy atom. The second-order valence-corrected chi connectivity index (χ2v) is 5.46. The van der Waals surface area contributed by atoms with E-state index in [1.54, 1.807) is 19.1 Å². The number of aliphatic hydroxyl groups excluding tert-OH is 1. The second-order valence-electron chi connectivity index (χ2n) is 5.02. The number of aromatic nitrogens is 3. The maximum absolute atomic E-state index is 14.0. The largest absolute Gasteiger partial charge is 0.390 e. The molecular formula is C15H13ClFN3O2. The highest BCUT2D eigenvalue weighted by atomic mass is 35.5. The molecule has 0 radical (unpaired) electrons. The van der Waals surface area contributed by atoms with Gasteiger partial charge in [0.25, 0.3) is 5.56 Å². The summed E-state index contributed by atoms with van der Waals surface area (Å²) in [4.78, 5) is 14.4. The summed E-state index contributed by atoms with van der Waals surface area (Å²) < 4.78 is 15.4. The van der Waals surface area contributed by atoms with Gasteiger partial charge in [0.15, 0.2) is 0 Å². The third kappa shape index (κ3) is 2.51. The number of H-pyrrole nitrogens is 1. The van der Waals surface area contributed by atoms with Crippen molar-refractivity contribution < 1.29 is 9.50 Å². The van der Waals surface area contributed by atoms with Crippen molar-refractivity contribution in [3.63, 3.8) is 0 Å². The number of nitrogens with one attached hydrogen (secondary N) is 1. The van der Waals surface area contributed by atoms with Crippen molar-refractivity contribution in [2.75, 3.05) is 0 Å². The molecule has 0 spiro atoms. The van der Waals surface area contributed by atoms with E-state index < -0.39 is 5.82 Å². The summed E-state index contributed by atoms with van der Waals surface area (Å²) in [5.74, 6) is -0.410. The fraction of sp³-hybridized carbons (Fsp3) is 0.200. The molecule has 1 aromatic carbocycles. The summed E-state index contributed by atoms with van der Waals surface area (Å²) >= 11 is 5.75. The first-order valence-corrected chi connectivity index (χ1v) is 7.02. The lowest BCUT2D eigenvalue weighted by Gasteiger charge is -2.05. The van der Waals surface area contributed by atoms with Crippen molar-refractivity contribution in [3.05, 3.63) is 68.0 Å². The quantitative estimate of drug-likeness (QED) is 0.777. The molecule has 3 rings (SSSR count). The van der Waals surface area contributed by atoms with Crippen molar-refractivity contribution in [2.24, 2.45) is 0 Å². The van der Waals surface area contributed by atoms with Crippen LogP contribution in [0.25, 0.3) is 5.65 Å². The molecule has 2 aromatic heterocycles. The van der Waals surface area contributed by atoms with Gasteiger partial charge in [-0.2, -0.15) is 5.10 Å². The van der Waals surface area contributed by atoms with E-state index in [9.17, 15) is 14.3 Å². The maximum atomic E-state index is 14.0. The molecule has 0 aliphatic heterocycles. The van der Waals surface area contributed by atoms with Gasteiger partial charge >= 0.3 is 0 Å². The third-order valence-corrected chi connectivity index (χ3v) is 3.78. The van der Waals surface area contributed by atoms with Crippen LogP contribution in [0.5, 0.6) is 0 Å². The zero-order valence-corrected chi connectivity index (χ0v) is 12.5. The highest BCUT2D eigenvalue weighted by Crippen LogP contribution is 2.22. The molecule has 0 aliphatic rings. The number of hydrogen-bond acceptors (Lipinski definition) is 3. The molecule has 7 heteroatoms. The molecular weight excluding hydrogens is 309 g/mol. The highest BCUT2D eigenvalue weighted by Gasteiger charge is 2.15. The van der Waals surface area contributed by atoms with E-state index >= 15 is 0 Å². The van der Waals surface area contributed by atoms with Gasteiger partial charge in [-0.05, 0) is 24.6 Å². The summed E-state index contributed by atoms with van der Waals surface area (Å²) in [7, 11) is 0. The van der Waals surface area contributed by atoms with E-state index in [2.05, 4.69) is 10.1 Å². The Morgan fingerprint density at radius 2 is 2.18 bits per heavy atom. The molecule has 22 heavy (non-hydrogen) atoms. The van der Waals surface area contributed by atoms with Gasteiger partial charge in [-0.1, -0.05) is 17.7 Å². The van der Waals surface area contributed by atoms with E-state index in [1.807, 2.05) is 0 Å². The first kappa shape index (κ1) is 14.7. The topological polar surface area (TPSA) is 70.4 Å². The third-order valence-electron chi connectivity index (χ3n) is 3.54. The molecule has 0 bridgehead atoms. The van der Waals surface area contributed by atoms with Gasteiger partial charge in [-0.15, -0.1) is 0 Å². The van der Waals surface area contributed by atoms with E-state index in [1.165, 1.54) is 16.6 Å². The number of halogens is 2. The van der Waals surface area contributed by atoms with Crippen molar-refractivity contribution >= 4 is 17.2 Å². The van der Waals surface area contributed by atoms with E-state index in [0.717, 1.165) is 0 Å². The van der Waals surface area contributed by atoms with Gasteiger partial charge < -0.3 is 10.1 Å². The number of aliphatic hydroxyl groups is 1. The minimum Gasteiger partial charge on any atom is -0.390 e. The number of hydrogen-bond donors (Lipinski definition) is 2. The van der Waals surface area contributed by atoms with E-state index in [-0.39, 0.29) is 18.6 Å². The Morgan fingerprint density at radius 3 is 2.86 bits per heavy atom. The predicted molar refractivity (Wildman–Crippen MR) is 80.7 cm³/mol. The summed E-state index contributed by atoms with van der Waals surface area (Å²) in [5.41, 5.74) is 2.32. The van der Waals surface area contributed by atoms with E-state index in [0.29, 0.717) is 33.2 Å². The molecule has 0 unspecified atom stereocenters. The van der Waals surface area contributed by atoms with Crippen molar-refractivity contribution in [3.8, 4) is 0 Å². The summed E-state index contributed by atoms with van der Waals surface area (Å²) in [6, 6.07) is 5.75. The van der Waals surface area contributed by atoms with Gasteiger partial charge in [0.2, 0.25) is 0 Å². The van der Waals surface area contributed by atoms with Crippen LogP contribution in [0.4, 0.5) is 4.39 Å². The van der Waals surface area contributed by atoms with Crippen LogP contribution in [0.3, 0.4) is 0 Å². The summed E-state index contributed by atoms with van der Waals surface area (Å²) in [6.45, 7) is 1.46. The van der Waals surface area contributed by atoms with Gasteiger partial charge in [0, 0.05) is 23.1 Å². The fourth-order valence-electron chi connectivity index (χ4n) is 2.44. The minimum absolute atomic E-state index is 0.267. The molecule has 0 aliphatic carbocycles. The Kier molecular flexibility index (Phi) is 3.72. The molecule has 0 fully saturated rings. The maximum Gasteiger partial charge on any atom is 0.251 e. The zero-order chi connectivity index (χ0) is 15.9. The molecule has 2 N–H and O–H groups in total. The molecule has 0 saturated heterocycles. The number of rotatable bonds is 3. The number of fused-ring (bicyclic) bond motifs is 1. The Balaban J connectivity index is 2.16. The van der Waals surface area contributed by atoms with Crippen LogP contribution < -0.4 is 5.56 Å². The Hall–Kier alpha value is -2.18. The van der Waals surface area contributed by atoms with Crippen LogP contribution in [0.15, 0.2) is 29.1 Å². The van der Waals surface area contributed by atoms with Crippen molar-refractivity contribution in [2.45, 2.75) is 20.0 Å². The van der Waals surface area contributed by atoms with Gasteiger partial charge in [-0.25, -0.2) is 8.91 Å². The van der Waals surface area contributed by atoms with Crippen molar-refractivity contribution in [1.82, 2.24) is 14.6 Å². The normalized spacial score (nSPS) is 11.3. The Bertz CT molecular complexity index is 917. The number of aromatic amines is 1. The number of nitrogens with zero attached hydrogens (tertiary/aromatic N) is 2. The number of benzene rings is 1. The molecule has 114 valence electrons. The molecule has 0 amide bonds. The zero-order valence-electron chi connectivity index (χ0n) is 11.7. The summed E-state index contributed by atoms with van der Waals surface area (Å²) in [5, 5.41) is 14.0. The highest BCUT2D eigenvalue weighted by molar-refractivity contribution is 6.30. The monoisotopic (exact) mass is 321 g/mol. The SMILES string of the molecule is Cc1nn2c(CO)cc(=O)[nH]c2c1Cc1ccc(Cl)cc1F. The lowest BCUT2D eigenvalue weighted by Crippen LogP contribution is -2.12. The summed E-state index contributed by atoms with van der Waals surface area (Å²) in [6.07, 6.45) is 0.267. The lowest BCUT2D eigenvalue weighted by atomic mass is 10.0. The molecule has 3 aromatic rings. The molecule has 2 heterocycles. The first-order chi connectivity index (χ1) is 10.5. The fourth-order valence-corrected chi connectivity index (χ4v) is 2.60. The number of aryl methyl sites for hydroxylation is 1. The van der Waals surface area contributed by atoms with Gasteiger partial charge in [0.05, 0.1) is 18.0 Å². The van der Waals surface area contributed by atoms with Crippen LogP contribution in [0, 0.1) is 12.7 Å². The minimum atomic E-state index is -0.410. The molecule has 5 nitrogen and oxygen atoms in total. The van der Waals surface area contributed by atoms with Gasteiger partial charge in [0.1, 0.15) is 11.5 Å². The van der Waals surface area contributed by atoms with Crippen LogP contribution in [0.2, 0.25) is 5.02 Å². The average Bonchev–Trinajstić information content (AvgIpc) is 2.77.